The zero-order valence-corrected chi connectivity index (χ0v) is 16.1. The Morgan fingerprint density at radius 3 is 2.84 bits per heavy atom. The number of hydrogen-bond acceptors (Lipinski definition) is 6. The van der Waals surface area contributed by atoms with Crippen LogP contribution in [-0.2, 0) is 21.8 Å². The second-order valence-electron chi connectivity index (χ2n) is 5.60. The molecule has 0 saturated carbocycles. The van der Waals surface area contributed by atoms with Gasteiger partial charge in [-0.15, -0.1) is 23.1 Å². The van der Waals surface area contributed by atoms with E-state index in [1.165, 1.54) is 4.88 Å². The van der Waals surface area contributed by atoms with Crippen LogP contribution in [0, 0.1) is 0 Å². The fourth-order valence-corrected chi connectivity index (χ4v) is 4.48. The minimum absolute atomic E-state index is 0.0323. The van der Waals surface area contributed by atoms with E-state index in [9.17, 15) is 4.79 Å². The van der Waals surface area contributed by atoms with E-state index in [4.69, 9.17) is 16.3 Å². The van der Waals surface area contributed by atoms with Gasteiger partial charge >= 0.3 is 0 Å². The fourth-order valence-electron chi connectivity index (χ4n) is 2.43. The van der Waals surface area contributed by atoms with Gasteiger partial charge in [0.25, 0.3) is 0 Å². The van der Waals surface area contributed by atoms with Crippen LogP contribution >= 0.6 is 34.7 Å². The molecule has 3 heterocycles. The van der Waals surface area contributed by atoms with E-state index in [1.54, 1.807) is 23.1 Å². The van der Waals surface area contributed by atoms with E-state index < -0.39 is 0 Å². The van der Waals surface area contributed by atoms with Gasteiger partial charge in [0.2, 0.25) is 5.91 Å². The Balaban J connectivity index is 1.38. The van der Waals surface area contributed by atoms with E-state index in [1.807, 2.05) is 30.5 Å². The first kappa shape index (κ1) is 18.5. The summed E-state index contributed by atoms with van der Waals surface area (Å²) in [4.78, 5) is 19.8. The van der Waals surface area contributed by atoms with Crippen LogP contribution in [0.1, 0.15) is 10.4 Å². The number of thioether (sulfide) groups is 1. The Hall–Kier alpha value is -1.28. The third-order valence-electron chi connectivity index (χ3n) is 3.74. The SMILES string of the molecule is O=C(CSCc1ccc(Cl)s1)NCc1ccc(N2CCOCC2)nc1. The number of halogens is 1. The van der Waals surface area contributed by atoms with Crippen molar-refractivity contribution in [3.8, 4) is 0 Å². The molecule has 134 valence electrons. The third-order valence-corrected chi connectivity index (χ3v) is 6.14. The number of aromatic nitrogens is 1. The Morgan fingerprint density at radius 1 is 1.32 bits per heavy atom. The Bertz CT molecular complexity index is 687. The highest BCUT2D eigenvalue weighted by atomic mass is 35.5. The normalized spacial score (nSPS) is 14.5. The van der Waals surface area contributed by atoms with Gasteiger partial charge in [-0.1, -0.05) is 17.7 Å². The number of nitrogens with one attached hydrogen (secondary N) is 1. The molecule has 2 aromatic rings. The monoisotopic (exact) mass is 397 g/mol. The van der Waals surface area contributed by atoms with Crippen LogP contribution in [0.15, 0.2) is 30.5 Å². The van der Waals surface area contributed by atoms with Gasteiger partial charge in [-0.25, -0.2) is 4.98 Å². The summed E-state index contributed by atoms with van der Waals surface area (Å²) in [5, 5.41) is 2.93. The molecule has 3 rings (SSSR count). The maximum absolute atomic E-state index is 11.9. The van der Waals surface area contributed by atoms with Crippen molar-refractivity contribution in [2.75, 3.05) is 37.0 Å². The highest BCUT2D eigenvalue weighted by molar-refractivity contribution is 7.99. The molecule has 0 radical (unpaired) electrons. The second-order valence-corrected chi connectivity index (χ2v) is 8.38. The van der Waals surface area contributed by atoms with Crippen LogP contribution in [0.4, 0.5) is 5.82 Å². The Labute approximate surface area is 160 Å². The van der Waals surface area contributed by atoms with Gasteiger partial charge in [0.1, 0.15) is 5.82 Å². The molecule has 0 atom stereocenters. The van der Waals surface area contributed by atoms with Gasteiger partial charge in [-0.05, 0) is 23.8 Å². The van der Waals surface area contributed by atoms with E-state index in [0.29, 0.717) is 12.3 Å². The van der Waals surface area contributed by atoms with Crippen molar-refractivity contribution in [3.05, 3.63) is 45.2 Å². The smallest absolute Gasteiger partial charge is 0.230 e. The standard InChI is InChI=1S/C17H20ClN3O2S2/c18-15-3-2-14(25-15)11-24-12-17(22)20-10-13-1-4-16(19-9-13)21-5-7-23-8-6-21/h1-4,9H,5-8,10-12H2,(H,20,22). The molecule has 0 bridgehead atoms. The molecule has 0 spiro atoms. The van der Waals surface area contributed by atoms with Crippen molar-refractivity contribution in [2.24, 2.45) is 0 Å². The molecule has 1 aliphatic rings. The molecular weight excluding hydrogens is 378 g/mol. The fraction of sp³-hybridized carbons (Fsp3) is 0.412. The molecule has 1 N–H and O–H groups in total. The van der Waals surface area contributed by atoms with E-state index in [0.717, 1.165) is 47.8 Å². The summed E-state index contributed by atoms with van der Waals surface area (Å²) in [5.41, 5.74) is 1.00. The Morgan fingerprint density at radius 2 is 2.16 bits per heavy atom. The topological polar surface area (TPSA) is 54.5 Å². The average Bonchev–Trinajstić information content (AvgIpc) is 3.06. The number of hydrogen-bond donors (Lipinski definition) is 1. The lowest BCUT2D eigenvalue weighted by Gasteiger charge is -2.27. The lowest BCUT2D eigenvalue weighted by molar-refractivity contribution is -0.118. The van der Waals surface area contributed by atoms with Gasteiger partial charge in [-0.2, -0.15) is 0 Å². The number of ether oxygens (including phenoxy) is 1. The second kappa shape index (κ2) is 9.43. The molecule has 1 fully saturated rings. The lowest BCUT2D eigenvalue weighted by atomic mass is 10.2. The highest BCUT2D eigenvalue weighted by Gasteiger charge is 2.12. The molecule has 0 unspecified atom stereocenters. The maximum Gasteiger partial charge on any atom is 0.230 e. The number of carbonyl (C=O) groups excluding carboxylic acids is 1. The zero-order valence-electron chi connectivity index (χ0n) is 13.7. The molecule has 0 aromatic carbocycles. The number of amides is 1. The molecular formula is C17H20ClN3O2S2. The molecule has 25 heavy (non-hydrogen) atoms. The number of anilines is 1. The zero-order chi connectivity index (χ0) is 17.5. The lowest BCUT2D eigenvalue weighted by Crippen LogP contribution is -2.36. The van der Waals surface area contributed by atoms with Gasteiger partial charge in [0, 0.05) is 36.5 Å². The summed E-state index contributed by atoms with van der Waals surface area (Å²) in [6.07, 6.45) is 1.83. The van der Waals surface area contributed by atoms with Gasteiger partial charge in [0.15, 0.2) is 0 Å². The van der Waals surface area contributed by atoms with Crippen molar-refractivity contribution >= 4 is 46.4 Å². The minimum Gasteiger partial charge on any atom is -0.378 e. The van der Waals surface area contributed by atoms with Crippen molar-refractivity contribution in [2.45, 2.75) is 12.3 Å². The number of carbonyl (C=O) groups is 1. The number of nitrogens with zero attached hydrogens (tertiary/aromatic N) is 2. The van der Waals surface area contributed by atoms with Crippen LogP contribution in [0.5, 0.6) is 0 Å². The van der Waals surface area contributed by atoms with E-state index in [-0.39, 0.29) is 5.91 Å². The maximum atomic E-state index is 11.9. The molecule has 5 nitrogen and oxygen atoms in total. The van der Waals surface area contributed by atoms with Crippen LogP contribution in [0.2, 0.25) is 4.34 Å². The average molecular weight is 398 g/mol. The number of rotatable bonds is 7. The van der Waals surface area contributed by atoms with E-state index >= 15 is 0 Å². The van der Waals surface area contributed by atoms with Crippen molar-refractivity contribution in [3.63, 3.8) is 0 Å². The van der Waals surface area contributed by atoms with Crippen molar-refractivity contribution in [1.82, 2.24) is 10.3 Å². The molecule has 1 amide bonds. The Kier molecular flexibility index (Phi) is 6.98. The number of pyridine rings is 1. The number of morpholine rings is 1. The quantitative estimate of drug-likeness (QED) is 0.777. The van der Waals surface area contributed by atoms with Crippen LogP contribution in [0.25, 0.3) is 0 Å². The van der Waals surface area contributed by atoms with E-state index in [2.05, 4.69) is 15.2 Å². The summed E-state index contributed by atoms with van der Waals surface area (Å²) in [7, 11) is 0. The van der Waals surface area contributed by atoms with Gasteiger partial charge in [0.05, 0.1) is 23.3 Å². The van der Waals surface area contributed by atoms with Gasteiger partial charge < -0.3 is 15.0 Å². The molecule has 1 saturated heterocycles. The van der Waals surface area contributed by atoms with Crippen LogP contribution in [-0.4, -0.2) is 42.9 Å². The largest absolute Gasteiger partial charge is 0.378 e. The first-order valence-electron chi connectivity index (χ1n) is 8.07. The third kappa shape index (κ3) is 5.88. The predicted octanol–water partition coefficient (Wildman–Crippen LogP) is 3.18. The summed E-state index contributed by atoms with van der Waals surface area (Å²) < 4.78 is 6.13. The van der Waals surface area contributed by atoms with Crippen LogP contribution in [0.3, 0.4) is 0 Å². The van der Waals surface area contributed by atoms with Gasteiger partial charge in [-0.3, -0.25) is 4.79 Å². The molecule has 0 aliphatic carbocycles. The first-order valence-corrected chi connectivity index (χ1v) is 10.4. The van der Waals surface area contributed by atoms with Crippen LogP contribution < -0.4 is 10.2 Å². The minimum atomic E-state index is 0.0323. The molecule has 1 aliphatic heterocycles. The summed E-state index contributed by atoms with van der Waals surface area (Å²) in [6, 6.07) is 7.90. The predicted molar refractivity (Wildman–Crippen MR) is 105 cm³/mol. The van der Waals surface area contributed by atoms with Crippen molar-refractivity contribution < 1.29 is 9.53 Å². The summed E-state index contributed by atoms with van der Waals surface area (Å²) in [6.45, 7) is 3.73. The first-order chi connectivity index (χ1) is 12.2. The number of thiophene rings is 1. The van der Waals surface area contributed by atoms with Crippen molar-refractivity contribution in [1.29, 1.82) is 0 Å². The molecule has 2 aromatic heterocycles. The molecule has 8 heteroatoms. The highest BCUT2D eigenvalue weighted by Crippen LogP contribution is 2.25. The summed E-state index contributed by atoms with van der Waals surface area (Å²) >= 11 is 9.04. The summed E-state index contributed by atoms with van der Waals surface area (Å²) in [5.74, 6) is 2.24.